The Labute approximate surface area is 119 Å². The molecule has 0 unspecified atom stereocenters. The lowest BCUT2D eigenvalue weighted by molar-refractivity contribution is 0.633. The van der Waals surface area contributed by atoms with Gasteiger partial charge in [0.15, 0.2) is 0 Å². The van der Waals surface area contributed by atoms with Crippen LogP contribution in [-0.2, 0) is 27.2 Å². The van der Waals surface area contributed by atoms with Crippen LogP contribution < -0.4 is 5.32 Å². The van der Waals surface area contributed by atoms with E-state index in [2.05, 4.69) is 53.2 Å². The van der Waals surface area contributed by atoms with Crippen LogP contribution in [0.2, 0.25) is 0 Å². The molecule has 1 aromatic carbocycles. The van der Waals surface area contributed by atoms with Gasteiger partial charge in [0.2, 0.25) is 0 Å². The number of fused-ring (bicyclic) bond motifs is 1. The van der Waals surface area contributed by atoms with Gasteiger partial charge in [0.05, 0.1) is 5.69 Å². The third-order valence-electron chi connectivity index (χ3n) is 3.87. The first kappa shape index (κ1) is 12.9. The first-order valence-electron chi connectivity index (χ1n) is 6.89. The molecule has 1 N–H and O–H groups in total. The van der Waals surface area contributed by atoms with Gasteiger partial charge in [-0.05, 0) is 24.6 Å². The molecule has 4 heteroatoms. The largest absolute Gasteiger partial charge is 0.346 e. The van der Waals surface area contributed by atoms with E-state index in [0.717, 1.165) is 18.8 Å². The van der Waals surface area contributed by atoms with E-state index in [1.165, 1.54) is 22.2 Å². The van der Waals surface area contributed by atoms with Crippen LogP contribution in [-0.4, -0.2) is 14.3 Å². The van der Waals surface area contributed by atoms with Gasteiger partial charge in [0.1, 0.15) is 0 Å². The summed E-state index contributed by atoms with van der Waals surface area (Å²) >= 11 is 0. The van der Waals surface area contributed by atoms with E-state index < -0.39 is 0 Å². The molecule has 0 amide bonds. The predicted octanol–water partition coefficient (Wildman–Crippen LogP) is 2.51. The van der Waals surface area contributed by atoms with Crippen molar-refractivity contribution in [2.45, 2.75) is 20.0 Å². The summed E-state index contributed by atoms with van der Waals surface area (Å²) in [5, 5.41) is 9.19. The highest BCUT2D eigenvalue weighted by atomic mass is 15.3. The molecular weight excluding hydrogens is 248 g/mol. The first-order chi connectivity index (χ1) is 9.66. The molecule has 0 aliphatic rings. The highest BCUT2D eigenvalue weighted by Gasteiger charge is 2.10. The molecule has 2 aromatic heterocycles. The molecule has 0 atom stereocenters. The van der Waals surface area contributed by atoms with Crippen molar-refractivity contribution < 1.29 is 0 Å². The predicted molar refractivity (Wildman–Crippen MR) is 81.4 cm³/mol. The van der Waals surface area contributed by atoms with Gasteiger partial charge in [0, 0.05) is 50.0 Å². The summed E-state index contributed by atoms with van der Waals surface area (Å²) < 4.78 is 4.11. The Morgan fingerprint density at radius 3 is 2.60 bits per heavy atom. The van der Waals surface area contributed by atoms with Gasteiger partial charge in [-0.3, -0.25) is 4.68 Å². The number of hydrogen-bond donors (Lipinski definition) is 1. The molecule has 3 rings (SSSR count). The van der Waals surface area contributed by atoms with E-state index in [-0.39, 0.29) is 0 Å². The number of hydrogen-bond acceptors (Lipinski definition) is 2. The van der Waals surface area contributed by atoms with E-state index in [9.17, 15) is 0 Å². The average molecular weight is 268 g/mol. The van der Waals surface area contributed by atoms with Crippen LogP contribution in [0.25, 0.3) is 10.9 Å². The molecule has 0 saturated heterocycles. The van der Waals surface area contributed by atoms with Crippen molar-refractivity contribution >= 4 is 10.9 Å². The van der Waals surface area contributed by atoms with E-state index in [1.807, 2.05) is 24.0 Å². The Balaban J connectivity index is 1.77. The zero-order valence-corrected chi connectivity index (χ0v) is 12.2. The van der Waals surface area contributed by atoms with E-state index >= 15 is 0 Å². The molecule has 4 nitrogen and oxygen atoms in total. The SMILES string of the molecule is Cc1c(CNCc2ccn(C)n2)n(C)c2ccccc12. The fraction of sp³-hybridized carbons (Fsp3) is 0.312. The minimum atomic E-state index is 0.793. The molecule has 0 aliphatic carbocycles. The number of benzene rings is 1. The summed E-state index contributed by atoms with van der Waals surface area (Å²) in [5.41, 5.74) is 5.06. The maximum atomic E-state index is 4.38. The van der Waals surface area contributed by atoms with Crippen LogP contribution in [0.4, 0.5) is 0 Å². The van der Waals surface area contributed by atoms with Crippen molar-refractivity contribution in [3.8, 4) is 0 Å². The van der Waals surface area contributed by atoms with Gasteiger partial charge < -0.3 is 9.88 Å². The van der Waals surface area contributed by atoms with Crippen molar-refractivity contribution in [1.29, 1.82) is 0 Å². The minimum Gasteiger partial charge on any atom is -0.346 e. The summed E-state index contributed by atoms with van der Waals surface area (Å²) in [7, 11) is 4.07. The van der Waals surface area contributed by atoms with Gasteiger partial charge in [-0.2, -0.15) is 5.10 Å². The topological polar surface area (TPSA) is 34.8 Å². The van der Waals surface area contributed by atoms with Crippen molar-refractivity contribution in [3.63, 3.8) is 0 Å². The molecule has 0 radical (unpaired) electrons. The summed E-state index contributed by atoms with van der Waals surface area (Å²) in [6, 6.07) is 10.6. The normalized spacial score (nSPS) is 11.3. The summed E-state index contributed by atoms with van der Waals surface area (Å²) in [6.45, 7) is 3.84. The smallest absolute Gasteiger partial charge is 0.0762 e. The fourth-order valence-electron chi connectivity index (χ4n) is 2.75. The molecule has 0 fully saturated rings. The van der Waals surface area contributed by atoms with Gasteiger partial charge >= 0.3 is 0 Å². The standard InChI is InChI=1S/C16H20N4/c1-12-14-6-4-5-7-15(14)20(3)16(12)11-17-10-13-8-9-19(2)18-13/h4-9,17H,10-11H2,1-3H3. The average Bonchev–Trinajstić information content (AvgIpc) is 2.97. The first-order valence-corrected chi connectivity index (χ1v) is 6.89. The fourth-order valence-corrected chi connectivity index (χ4v) is 2.75. The Bertz CT molecular complexity index is 697. The Morgan fingerprint density at radius 2 is 1.90 bits per heavy atom. The number of nitrogens with zero attached hydrogens (tertiary/aromatic N) is 3. The zero-order valence-electron chi connectivity index (χ0n) is 12.2. The minimum absolute atomic E-state index is 0.793. The van der Waals surface area contributed by atoms with Crippen LogP contribution in [0.5, 0.6) is 0 Å². The van der Waals surface area contributed by atoms with Crippen molar-refractivity contribution in [3.05, 3.63) is 53.5 Å². The number of nitrogens with one attached hydrogen (secondary N) is 1. The molecule has 104 valence electrons. The van der Waals surface area contributed by atoms with Crippen LogP contribution in [0, 0.1) is 6.92 Å². The third kappa shape index (κ3) is 2.23. The molecule has 0 bridgehead atoms. The monoisotopic (exact) mass is 268 g/mol. The lowest BCUT2D eigenvalue weighted by Gasteiger charge is -2.07. The van der Waals surface area contributed by atoms with Gasteiger partial charge in [0.25, 0.3) is 0 Å². The van der Waals surface area contributed by atoms with E-state index in [0.29, 0.717) is 0 Å². The highest BCUT2D eigenvalue weighted by Crippen LogP contribution is 2.24. The number of rotatable bonds is 4. The van der Waals surface area contributed by atoms with Crippen molar-refractivity contribution in [2.75, 3.05) is 0 Å². The number of aromatic nitrogens is 3. The highest BCUT2D eigenvalue weighted by molar-refractivity contribution is 5.85. The molecule has 20 heavy (non-hydrogen) atoms. The second-order valence-corrected chi connectivity index (χ2v) is 5.23. The van der Waals surface area contributed by atoms with Crippen molar-refractivity contribution in [2.24, 2.45) is 14.1 Å². The maximum absolute atomic E-state index is 4.38. The number of para-hydroxylation sites is 1. The van der Waals surface area contributed by atoms with E-state index in [1.54, 1.807) is 0 Å². The Kier molecular flexibility index (Phi) is 3.32. The molecular formula is C16H20N4. The second kappa shape index (κ2) is 5.13. The lowest BCUT2D eigenvalue weighted by atomic mass is 10.1. The quantitative estimate of drug-likeness (QED) is 0.789. The second-order valence-electron chi connectivity index (χ2n) is 5.23. The summed E-state index contributed by atoms with van der Waals surface area (Å²) in [5.74, 6) is 0. The Hall–Kier alpha value is -2.07. The third-order valence-corrected chi connectivity index (χ3v) is 3.87. The molecule has 0 aliphatic heterocycles. The molecule has 0 spiro atoms. The van der Waals surface area contributed by atoms with Gasteiger partial charge in [-0.15, -0.1) is 0 Å². The molecule has 2 heterocycles. The zero-order chi connectivity index (χ0) is 14.1. The molecule has 0 saturated carbocycles. The van der Waals surface area contributed by atoms with Gasteiger partial charge in [-0.1, -0.05) is 18.2 Å². The van der Waals surface area contributed by atoms with E-state index in [4.69, 9.17) is 0 Å². The van der Waals surface area contributed by atoms with Gasteiger partial charge in [-0.25, -0.2) is 0 Å². The lowest BCUT2D eigenvalue weighted by Crippen LogP contribution is -2.16. The van der Waals surface area contributed by atoms with Crippen LogP contribution in [0.3, 0.4) is 0 Å². The maximum Gasteiger partial charge on any atom is 0.0762 e. The van der Waals surface area contributed by atoms with Crippen LogP contribution in [0.1, 0.15) is 17.0 Å². The van der Waals surface area contributed by atoms with Crippen LogP contribution >= 0.6 is 0 Å². The number of aryl methyl sites for hydroxylation is 3. The summed E-state index contributed by atoms with van der Waals surface area (Å²) in [6.07, 6.45) is 1.97. The van der Waals surface area contributed by atoms with Crippen LogP contribution in [0.15, 0.2) is 36.5 Å². The Morgan fingerprint density at radius 1 is 1.10 bits per heavy atom. The summed E-state index contributed by atoms with van der Waals surface area (Å²) in [4.78, 5) is 0. The van der Waals surface area contributed by atoms with Crippen molar-refractivity contribution in [1.82, 2.24) is 19.7 Å². The molecule has 3 aromatic rings.